The van der Waals surface area contributed by atoms with E-state index in [2.05, 4.69) is 16.3 Å². The molecule has 4 rings (SSSR count). The van der Waals surface area contributed by atoms with E-state index in [9.17, 15) is 4.79 Å². The molecule has 0 aliphatic carbocycles. The van der Waals surface area contributed by atoms with Crippen LogP contribution in [0.5, 0.6) is 0 Å². The summed E-state index contributed by atoms with van der Waals surface area (Å²) in [5.41, 5.74) is 9.66. The molecular weight excluding hydrogens is 390 g/mol. The smallest absolute Gasteiger partial charge is 0.313 e. The van der Waals surface area contributed by atoms with Crippen LogP contribution in [0.25, 0.3) is 11.5 Å². The molecule has 0 atom stereocenters. The molecular formula is C24H27N5O2. The molecule has 1 aromatic heterocycles. The summed E-state index contributed by atoms with van der Waals surface area (Å²) in [6.07, 6.45) is 1.80. The Morgan fingerprint density at radius 2 is 1.81 bits per heavy atom. The van der Waals surface area contributed by atoms with Crippen molar-refractivity contribution in [3.63, 3.8) is 0 Å². The molecule has 0 saturated carbocycles. The number of aryl methyl sites for hydroxylation is 1. The fourth-order valence-corrected chi connectivity index (χ4v) is 3.76. The Balaban J connectivity index is 0.00000132. The maximum Gasteiger partial charge on any atom is 0.313 e. The molecule has 2 N–H and O–H groups in total. The average Bonchev–Trinajstić information content (AvgIpc) is 3.26. The fraction of sp³-hybridized carbons (Fsp3) is 0.333. The lowest BCUT2D eigenvalue weighted by molar-refractivity contribution is 0.0713. The van der Waals surface area contributed by atoms with E-state index in [1.165, 1.54) is 5.56 Å². The van der Waals surface area contributed by atoms with E-state index in [-0.39, 0.29) is 11.9 Å². The molecule has 7 nitrogen and oxygen atoms in total. The van der Waals surface area contributed by atoms with Crippen LogP contribution < -0.4 is 5.73 Å². The van der Waals surface area contributed by atoms with Gasteiger partial charge in [0.1, 0.15) is 0 Å². The van der Waals surface area contributed by atoms with Crippen LogP contribution in [0.1, 0.15) is 59.7 Å². The number of nitrogens with zero attached hydrogens (tertiary/aromatic N) is 4. The zero-order chi connectivity index (χ0) is 22.4. The largest absolute Gasteiger partial charge is 0.404 e. The van der Waals surface area contributed by atoms with E-state index < -0.39 is 0 Å². The standard InChI is InChI=1S/C22H21N5O2.C2H6/c1-14-2-5-18(12-19(14)20-25-26-22(24)29-20)21(28)27-10-8-17(9-11-27)16-6-3-15(13-23)4-7-16;1-2/h2-7,12,17H,8-11H2,1H3,(H2,24,26);1-2H3. The highest BCUT2D eigenvalue weighted by Gasteiger charge is 2.25. The molecule has 2 aromatic carbocycles. The molecule has 1 saturated heterocycles. The van der Waals surface area contributed by atoms with Gasteiger partial charge in [0.15, 0.2) is 0 Å². The summed E-state index contributed by atoms with van der Waals surface area (Å²) in [5.74, 6) is 0.716. The van der Waals surface area contributed by atoms with Gasteiger partial charge in [0.05, 0.1) is 11.6 Å². The van der Waals surface area contributed by atoms with Crippen molar-refractivity contribution in [1.82, 2.24) is 15.1 Å². The first kappa shape index (κ1) is 22.0. The number of hydrogen-bond donors (Lipinski definition) is 1. The van der Waals surface area contributed by atoms with Gasteiger partial charge >= 0.3 is 6.01 Å². The third-order valence-corrected chi connectivity index (χ3v) is 5.45. The Hall–Kier alpha value is -3.66. The highest BCUT2D eigenvalue weighted by Crippen LogP contribution is 2.30. The number of amides is 1. The van der Waals surface area contributed by atoms with Crippen molar-refractivity contribution in [2.24, 2.45) is 0 Å². The van der Waals surface area contributed by atoms with Crippen molar-refractivity contribution in [1.29, 1.82) is 5.26 Å². The first-order chi connectivity index (χ1) is 15.0. The second kappa shape index (κ2) is 9.90. The lowest BCUT2D eigenvalue weighted by atomic mass is 9.89. The number of nitrogen functional groups attached to an aromatic ring is 1. The van der Waals surface area contributed by atoms with Crippen LogP contribution in [0.15, 0.2) is 46.9 Å². The number of hydrogen-bond acceptors (Lipinski definition) is 6. The second-order valence-electron chi connectivity index (χ2n) is 7.28. The van der Waals surface area contributed by atoms with Crippen molar-refractivity contribution in [2.75, 3.05) is 18.8 Å². The van der Waals surface area contributed by atoms with Gasteiger partial charge in [-0.25, -0.2) is 0 Å². The molecule has 0 spiro atoms. The van der Waals surface area contributed by atoms with Gasteiger partial charge in [-0.1, -0.05) is 37.1 Å². The molecule has 3 aromatic rings. The van der Waals surface area contributed by atoms with Gasteiger partial charge in [-0.15, -0.1) is 5.10 Å². The highest BCUT2D eigenvalue weighted by atomic mass is 16.4. The third-order valence-electron chi connectivity index (χ3n) is 5.45. The van der Waals surface area contributed by atoms with Gasteiger partial charge in [0.25, 0.3) is 5.91 Å². The molecule has 0 bridgehead atoms. The fourth-order valence-electron chi connectivity index (χ4n) is 3.76. The molecule has 2 heterocycles. The zero-order valence-corrected chi connectivity index (χ0v) is 18.1. The number of likely N-dealkylation sites (tertiary alicyclic amines) is 1. The Morgan fingerprint density at radius 1 is 1.13 bits per heavy atom. The lowest BCUT2D eigenvalue weighted by Crippen LogP contribution is -2.37. The van der Waals surface area contributed by atoms with Crippen molar-refractivity contribution < 1.29 is 9.21 Å². The van der Waals surface area contributed by atoms with Crippen molar-refractivity contribution in [3.8, 4) is 17.5 Å². The summed E-state index contributed by atoms with van der Waals surface area (Å²) in [6, 6.07) is 15.4. The van der Waals surface area contributed by atoms with Gasteiger partial charge in [0, 0.05) is 24.2 Å². The third kappa shape index (κ3) is 4.92. The normalized spacial score (nSPS) is 13.8. The Labute approximate surface area is 182 Å². The van der Waals surface area contributed by atoms with E-state index in [0.717, 1.165) is 18.4 Å². The van der Waals surface area contributed by atoms with Crippen LogP contribution in [0.3, 0.4) is 0 Å². The number of benzene rings is 2. The monoisotopic (exact) mass is 417 g/mol. The molecule has 160 valence electrons. The average molecular weight is 418 g/mol. The Kier molecular flexibility index (Phi) is 7.03. The van der Waals surface area contributed by atoms with Crippen LogP contribution in [0.2, 0.25) is 0 Å². The van der Waals surface area contributed by atoms with E-state index in [0.29, 0.717) is 41.6 Å². The summed E-state index contributed by atoms with van der Waals surface area (Å²) >= 11 is 0. The molecule has 0 radical (unpaired) electrons. The van der Waals surface area contributed by atoms with Gasteiger partial charge in [0.2, 0.25) is 5.89 Å². The molecule has 31 heavy (non-hydrogen) atoms. The lowest BCUT2D eigenvalue weighted by Gasteiger charge is -2.32. The van der Waals surface area contributed by atoms with Gasteiger partial charge in [-0.05, 0) is 61.1 Å². The number of rotatable bonds is 3. The van der Waals surface area contributed by atoms with Gasteiger partial charge in [-0.3, -0.25) is 4.79 Å². The van der Waals surface area contributed by atoms with Crippen LogP contribution in [0, 0.1) is 18.3 Å². The Morgan fingerprint density at radius 3 is 2.39 bits per heavy atom. The van der Waals surface area contributed by atoms with E-state index in [4.69, 9.17) is 15.4 Å². The van der Waals surface area contributed by atoms with Crippen molar-refractivity contribution in [3.05, 3.63) is 64.7 Å². The summed E-state index contributed by atoms with van der Waals surface area (Å²) < 4.78 is 5.32. The molecule has 1 aliphatic heterocycles. The van der Waals surface area contributed by atoms with Crippen LogP contribution in [0.4, 0.5) is 6.01 Å². The van der Waals surface area contributed by atoms with Crippen molar-refractivity contribution in [2.45, 2.75) is 39.5 Å². The SMILES string of the molecule is CC.Cc1ccc(C(=O)N2CCC(c3ccc(C#N)cc3)CC2)cc1-c1nnc(N)o1. The quantitative estimate of drug-likeness (QED) is 0.670. The van der Waals surface area contributed by atoms with Gasteiger partial charge in [-0.2, -0.15) is 5.26 Å². The summed E-state index contributed by atoms with van der Waals surface area (Å²) in [5, 5.41) is 16.6. The van der Waals surface area contributed by atoms with E-state index in [1.54, 1.807) is 6.07 Å². The van der Waals surface area contributed by atoms with Crippen LogP contribution >= 0.6 is 0 Å². The van der Waals surface area contributed by atoms with Gasteiger partial charge < -0.3 is 15.1 Å². The number of nitriles is 1. The maximum atomic E-state index is 13.0. The number of carbonyl (C=O) groups excluding carboxylic acids is 1. The van der Waals surface area contributed by atoms with E-state index in [1.807, 2.05) is 62.1 Å². The zero-order valence-electron chi connectivity index (χ0n) is 18.1. The minimum absolute atomic E-state index is 0.000930. The summed E-state index contributed by atoms with van der Waals surface area (Å²) in [6.45, 7) is 7.31. The first-order valence-electron chi connectivity index (χ1n) is 10.5. The minimum atomic E-state index is -0.00276. The number of anilines is 1. The molecule has 7 heteroatoms. The summed E-state index contributed by atoms with van der Waals surface area (Å²) in [4.78, 5) is 14.9. The van der Waals surface area contributed by atoms with Crippen molar-refractivity contribution >= 4 is 11.9 Å². The molecule has 1 amide bonds. The Bertz CT molecular complexity index is 1070. The predicted octanol–water partition coefficient (Wildman–Crippen LogP) is 4.54. The minimum Gasteiger partial charge on any atom is -0.404 e. The molecule has 0 unspecified atom stereocenters. The number of piperidine rings is 1. The molecule has 1 fully saturated rings. The first-order valence-corrected chi connectivity index (χ1v) is 10.5. The summed E-state index contributed by atoms with van der Waals surface area (Å²) in [7, 11) is 0. The number of carbonyl (C=O) groups is 1. The second-order valence-corrected chi connectivity index (χ2v) is 7.28. The number of aromatic nitrogens is 2. The number of nitrogens with two attached hydrogens (primary N) is 1. The molecule has 1 aliphatic rings. The topological polar surface area (TPSA) is 109 Å². The van der Waals surface area contributed by atoms with Crippen LogP contribution in [-0.4, -0.2) is 34.1 Å². The maximum absolute atomic E-state index is 13.0. The van der Waals surface area contributed by atoms with E-state index >= 15 is 0 Å². The van der Waals surface area contributed by atoms with Crippen LogP contribution in [-0.2, 0) is 0 Å². The highest BCUT2D eigenvalue weighted by molar-refractivity contribution is 5.95. The predicted molar refractivity (Wildman–Crippen MR) is 119 cm³/mol.